The molecular weight excluding hydrogens is 240 g/mol. The zero-order valence-corrected chi connectivity index (χ0v) is 11.5. The Labute approximate surface area is 114 Å². The predicted octanol–water partition coefficient (Wildman–Crippen LogP) is 3.61. The number of hydrogen-bond acceptors (Lipinski definition) is 3. The van der Waals surface area contributed by atoms with Gasteiger partial charge >= 0.3 is 5.97 Å². The Bertz CT molecular complexity index is 447. The average Bonchev–Trinajstić information content (AvgIpc) is 2.42. The number of ether oxygens (including phenoxy) is 2. The molecule has 19 heavy (non-hydrogen) atoms. The van der Waals surface area contributed by atoms with Crippen molar-refractivity contribution in [1.82, 2.24) is 0 Å². The molecule has 0 saturated carbocycles. The molecule has 1 aromatic carbocycles. The highest BCUT2D eigenvalue weighted by Crippen LogP contribution is 2.14. The van der Waals surface area contributed by atoms with E-state index >= 15 is 0 Å². The summed E-state index contributed by atoms with van der Waals surface area (Å²) in [5.41, 5.74) is 1.03. The summed E-state index contributed by atoms with van der Waals surface area (Å²) in [6, 6.07) is 7.82. The molecule has 0 aromatic heterocycles. The molecule has 3 heteroatoms. The SMILES string of the molecule is CCCOc1cccc(C=CC=CC(=O)OCC)c1. The number of benzene rings is 1. The maximum atomic E-state index is 11.1. The number of carbonyl (C=O) groups excluding carboxylic acids is 1. The average molecular weight is 260 g/mol. The number of allylic oxidation sites excluding steroid dienone is 2. The lowest BCUT2D eigenvalue weighted by Gasteiger charge is -2.04. The summed E-state index contributed by atoms with van der Waals surface area (Å²) in [5, 5.41) is 0. The van der Waals surface area contributed by atoms with Crippen molar-refractivity contribution in [2.24, 2.45) is 0 Å². The lowest BCUT2D eigenvalue weighted by Crippen LogP contribution is -1.98. The van der Waals surface area contributed by atoms with Crippen molar-refractivity contribution in [2.45, 2.75) is 20.3 Å². The van der Waals surface area contributed by atoms with Crippen molar-refractivity contribution in [3.05, 3.63) is 48.1 Å². The van der Waals surface area contributed by atoms with Crippen molar-refractivity contribution in [1.29, 1.82) is 0 Å². The third-order valence-electron chi connectivity index (χ3n) is 2.25. The second kappa shape index (κ2) is 8.97. The first-order valence-electron chi connectivity index (χ1n) is 6.50. The van der Waals surface area contributed by atoms with Crippen LogP contribution in [0.25, 0.3) is 6.08 Å². The second-order valence-corrected chi connectivity index (χ2v) is 3.89. The number of esters is 1. The van der Waals surface area contributed by atoms with Gasteiger partial charge < -0.3 is 9.47 Å². The fourth-order valence-corrected chi connectivity index (χ4v) is 1.42. The molecule has 0 fully saturated rings. The Morgan fingerprint density at radius 3 is 2.84 bits per heavy atom. The number of hydrogen-bond donors (Lipinski definition) is 0. The Morgan fingerprint density at radius 1 is 1.26 bits per heavy atom. The summed E-state index contributed by atoms with van der Waals surface area (Å²) in [6.07, 6.45) is 7.77. The van der Waals surface area contributed by atoms with Gasteiger partial charge in [-0.05, 0) is 31.0 Å². The first-order valence-corrected chi connectivity index (χ1v) is 6.50. The first-order chi connectivity index (χ1) is 9.26. The Hall–Kier alpha value is -2.03. The van der Waals surface area contributed by atoms with Gasteiger partial charge in [0.2, 0.25) is 0 Å². The van der Waals surface area contributed by atoms with Crippen molar-refractivity contribution in [2.75, 3.05) is 13.2 Å². The maximum Gasteiger partial charge on any atom is 0.330 e. The Morgan fingerprint density at radius 2 is 2.11 bits per heavy atom. The lowest BCUT2D eigenvalue weighted by atomic mass is 10.2. The highest BCUT2D eigenvalue weighted by molar-refractivity contribution is 5.82. The molecule has 0 amide bonds. The summed E-state index contributed by atoms with van der Waals surface area (Å²) in [4.78, 5) is 11.1. The Balaban J connectivity index is 2.54. The van der Waals surface area contributed by atoms with Gasteiger partial charge in [0.1, 0.15) is 5.75 Å². The quantitative estimate of drug-likeness (QED) is 0.427. The normalized spacial score (nSPS) is 11.1. The van der Waals surface area contributed by atoms with Gasteiger partial charge in [-0.2, -0.15) is 0 Å². The third kappa shape index (κ3) is 6.46. The van der Waals surface area contributed by atoms with Gasteiger partial charge in [0.15, 0.2) is 0 Å². The minimum Gasteiger partial charge on any atom is -0.494 e. The molecule has 0 bridgehead atoms. The summed E-state index contributed by atoms with van der Waals surface area (Å²) in [7, 11) is 0. The largest absolute Gasteiger partial charge is 0.494 e. The minimum absolute atomic E-state index is 0.327. The summed E-state index contributed by atoms with van der Waals surface area (Å²) >= 11 is 0. The van der Waals surface area contributed by atoms with Crippen LogP contribution < -0.4 is 4.74 Å². The van der Waals surface area contributed by atoms with Crippen LogP contribution in [0.2, 0.25) is 0 Å². The van der Waals surface area contributed by atoms with Gasteiger partial charge in [-0.1, -0.05) is 37.3 Å². The molecule has 0 aliphatic carbocycles. The van der Waals surface area contributed by atoms with Gasteiger partial charge in [0.25, 0.3) is 0 Å². The fourth-order valence-electron chi connectivity index (χ4n) is 1.42. The monoisotopic (exact) mass is 260 g/mol. The molecule has 0 aliphatic heterocycles. The summed E-state index contributed by atoms with van der Waals surface area (Å²) in [6.45, 7) is 4.97. The van der Waals surface area contributed by atoms with E-state index in [1.54, 1.807) is 19.1 Å². The third-order valence-corrected chi connectivity index (χ3v) is 2.25. The zero-order valence-electron chi connectivity index (χ0n) is 11.5. The van der Waals surface area contributed by atoms with Crippen LogP contribution in [0.1, 0.15) is 25.8 Å². The smallest absolute Gasteiger partial charge is 0.330 e. The fraction of sp³-hybridized carbons (Fsp3) is 0.312. The van der Waals surface area contributed by atoms with Crippen LogP contribution in [0.3, 0.4) is 0 Å². The highest BCUT2D eigenvalue weighted by atomic mass is 16.5. The van der Waals surface area contributed by atoms with E-state index in [4.69, 9.17) is 9.47 Å². The molecule has 0 spiro atoms. The van der Waals surface area contributed by atoms with Gasteiger partial charge in [0, 0.05) is 6.08 Å². The van der Waals surface area contributed by atoms with Crippen LogP contribution >= 0.6 is 0 Å². The molecule has 0 aliphatic rings. The Kier molecular flexibility index (Phi) is 7.10. The van der Waals surface area contributed by atoms with E-state index in [0.717, 1.165) is 24.3 Å². The molecule has 0 heterocycles. The predicted molar refractivity (Wildman–Crippen MR) is 77.0 cm³/mol. The van der Waals surface area contributed by atoms with Gasteiger partial charge in [-0.3, -0.25) is 0 Å². The van der Waals surface area contributed by atoms with Gasteiger partial charge in [0.05, 0.1) is 13.2 Å². The van der Waals surface area contributed by atoms with Crippen molar-refractivity contribution in [3.63, 3.8) is 0 Å². The van der Waals surface area contributed by atoms with E-state index in [2.05, 4.69) is 6.92 Å². The molecule has 3 nitrogen and oxygen atoms in total. The van der Waals surface area contributed by atoms with Crippen molar-refractivity contribution >= 4 is 12.0 Å². The number of carbonyl (C=O) groups is 1. The van der Waals surface area contributed by atoms with Crippen LogP contribution in [0, 0.1) is 0 Å². The molecule has 0 saturated heterocycles. The highest BCUT2D eigenvalue weighted by Gasteiger charge is 1.93. The van der Waals surface area contributed by atoms with Gasteiger partial charge in [-0.25, -0.2) is 4.79 Å². The van der Waals surface area contributed by atoms with Crippen LogP contribution in [0.4, 0.5) is 0 Å². The minimum atomic E-state index is -0.327. The molecule has 102 valence electrons. The van der Waals surface area contributed by atoms with Crippen molar-refractivity contribution < 1.29 is 14.3 Å². The summed E-state index contributed by atoms with van der Waals surface area (Å²) in [5.74, 6) is 0.533. The molecule has 0 radical (unpaired) electrons. The standard InChI is InChI=1S/C16H20O3/c1-3-12-19-15-10-7-9-14(13-15)8-5-6-11-16(17)18-4-2/h5-11,13H,3-4,12H2,1-2H3. The van der Waals surface area contributed by atoms with Gasteiger partial charge in [-0.15, -0.1) is 0 Å². The summed E-state index contributed by atoms with van der Waals surface area (Å²) < 4.78 is 10.3. The van der Waals surface area contributed by atoms with E-state index in [1.165, 1.54) is 6.08 Å². The first kappa shape index (κ1) is 15.0. The zero-order chi connectivity index (χ0) is 13.9. The van der Waals surface area contributed by atoms with E-state index in [-0.39, 0.29) is 5.97 Å². The molecule has 1 rings (SSSR count). The molecule has 0 atom stereocenters. The van der Waals surface area contributed by atoms with E-state index < -0.39 is 0 Å². The lowest BCUT2D eigenvalue weighted by molar-refractivity contribution is -0.137. The topological polar surface area (TPSA) is 35.5 Å². The molecule has 1 aromatic rings. The van der Waals surface area contributed by atoms with Crippen LogP contribution in [-0.2, 0) is 9.53 Å². The molecular formula is C16H20O3. The van der Waals surface area contributed by atoms with Crippen LogP contribution in [0.5, 0.6) is 5.75 Å². The van der Waals surface area contributed by atoms with Crippen LogP contribution in [-0.4, -0.2) is 19.2 Å². The number of rotatable bonds is 7. The van der Waals surface area contributed by atoms with Crippen LogP contribution in [0.15, 0.2) is 42.5 Å². The maximum absolute atomic E-state index is 11.1. The van der Waals surface area contributed by atoms with E-state index in [0.29, 0.717) is 6.61 Å². The van der Waals surface area contributed by atoms with Crippen molar-refractivity contribution in [3.8, 4) is 5.75 Å². The van der Waals surface area contributed by atoms with E-state index in [9.17, 15) is 4.79 Å². The molecule has 0 unspecified atom stereocenters. The van der Waals surface area contributed by atoms with E-state index in [1.807, 2.05) is 30.3 Å². The second-order valence-electron chi connectivity index (χ2n) is 3.89. The molecule has 0 N–H and O–H groups in total.